The number of carbonyl (C=O) groups is 1. The third-order valence-electron chi connectivity index (χ3n) is 3.58. The summed E-state index contributed by atoms with van der Waals surface area (Å²) in [6.07, 6.45) is 0.928. The van der Waals surface area contributed by atoms with Crippen molar-refractivity contribution in [3.05, 3.63) is 28.8 Å². The molecule has 0 amide bonds. The highest BCUT2D eigenvalue weighted by Crippen LogP contribution is 2.25. The highest BCUT2D eigenvalue weighted by molar-refractivity contribution is 5.78. The van der Waals surface area contributed by atoms with E-state index in [0.717, 1.165) is 24.9 Å². The van der Waals surface area contributed by atoms with Crippen LogP contribution in [0.3, 0.4) is 0 Å². The van der Waals surface area contributed by atoms with Gasteiger partial charge in [0, 0.05) is 11.3 Å². The molecule has 1 saturated heterocycles. The van der Waals surface area contributed by atoms with Crippen molar-refractivity contribution in [1.29, 1.82) is 0 Å². The minimum atomic E-state index is 0.781. The SMILES string of the molecule is Cc1cc(C=O)cc(C)c1N1CC[NH+](C)CC1. The summed E-state index contributed by atoms with van der Waals surface area (Å²) in [5.74, 6) is 0. The molecule has 1 fully saturated rings. The van der Waals surface area contributed by atoms with Crippen molar-refractivity contribution in [2.45, 2.75) is 13.8 Å². The van der Waals surface area contributed by atoms with Crippen molar-refractivity contribution < 1.29 is 9.69 Å². The van der Waals surface area contributed by atoms with Gasteiger partial charge in [-0.25, -0.2) is 0 Å². The van der Waals surface area contributed by atoms with Gasteiger partial charge in [-0.3, -0.25) is 4.79 Å². The highest BCUT2D eigenvalue weighted by atomic mass is 16.1. The van der Waals surface area contributed by atoms with Crippen molar-refractivity contribution in [2.75, 3.05) is 38.1 Å². The quantitative estimate of drug-likeness (QED) is 0.750. The molecular weight excluding hydrogens is 212 g/mol. The lowest BCUT2D eigenvalue weighted by atomic mass is 10.0. The summed E-state index contributed by atoms with van der Waals surface area (Å²) in [4.78, 5) is 14.9. The summed E-state index contributed by atoms with van der Waals surface area (Å²) in [5.41, 5.74) is 4.53. The standard InChI is InChI=1S/C14H20N2O/c1-11-8-13(10-17)9-12(2)14(11)16-6-4-15(3)5-7-16/h8-10H,4-7H2,1-3H3/p+1. The van der Waals surface area contributed by atoms with Crippen LogP contribution in [0.5, 0.6) is 0 Å². The minimum Gasteiger partial charge on any atom is -0.360 e. The second kappa shape index (κ2) is 4.88. The Morgan fingerprint density at radius 2 is 1.71 bits per heavy atom. The molecule has 0 unspecified atom stereocenters. The number of benzene rings is 1. The van der Waals surface area contributed by atoms with Gasteiger partial charge < -0.3 is 9.80 Å². The fourth-order valence-electron chi connectivity index (χ4n) is 2.67. The molecule has 2 rings (SSSR count). The van der Waals surface area contributed by atoms with E-state index in [4.69, 9.17) is 0 Å². The summed E-state index contributed by atoms with van der Waals surface area (Å²) < 4.78 is 0. The van der Waals surface area contributed by atoms with E-state index < -0.39 is 0 Å². The topological polar surface area (TPSA) is 24.8 Å². The van der Waals surface area contributed by atoms with Crippen molar-refractivity contribution in [3.8, 4) is 0 Å². The van der Waals surface area contributed by atoms with Gasteiger partial charge in [0.2, 0.25) is 0 Å². The first-order valence-corrected chi connectivity index (χ1v) is 6.24. The summed E-state index contributed by atoms with van der Waals surface area (Å²) in [5, 5.41) is 0. The van der Waals surface area contributed by atoms with Crippen molar-refractivity contribution in [2.24, 2.45) is 0 Å². The Balaban J connectivity index is 2.29. The first-order chi connectivity index (χ1) is 8.11. The molecule has 1 aromatic rings. The number of hydrogen-bond acceptors (Lipinski definition) is 2. The first kappa shape index (κ1) is 12.1. The minimum absolute atomic E-state index is 0.781. The van der Waals surface area contributed by atoms with Crippen LogP contribution in [0.1, 0.15) is 21.5 Å². The number of aldehydes is 1. The van der Waals surface area contributed by atoms with Crippen molar-refractivity contribution in [1.82, 2.24) is 0 Å². The summed E-state index contributed by atoms with van der Waals surface area (Å²) in [6.45, 7) is 8.78. The molecule has 0 aromatic heterocycles. The Kier molecular flexibility index (Phi) is 3.48. The maximum atomic E-state index is 10.8. The molecule has 1 aliphatic heterocycles. The fraction of sp³-hybridized carbons (Fsp3) is 0.500. The Morgan fingerprint density at radius 1 is 1.18 bits per heavy atom. The molecule has 1 aromatic carbocycles. The Labute approximate surface area is 103 Å². The zero-order valence-corrected chi connectivity index (χ0v) is 10.9. The lowest BCUT2D eigenvalue weighted by Crippen LogP contribution is -3.12. The summed E-state index contributed by atoms with van der Waals surface area (Å²) in [7, 11) is 2.24. The molecule has 3 heteroatoms. The Morgan fingerprint density at radius 3 is 2.18 bits per heavy atom. The van der Waals surface area contributed by atoms with Crippen molar-refractivity contribution >= 4 is 12.0 Å². The largest absolute Gasteiger partial charge is 0.360 e. The second-order valence-electron chi connectivity index (χ2n) is 5.07. The van der Waals surface area contributed by atoms with Gasteiger partial charge in [0.05, 0.1) is 33.2 Å². The fourth-order valence-corrected chi connectivity index (χ4v) is 2.67. The third kappa shape index (κ3) is 2.50. The van der Waals surface area contributed by atoms with E-state index in [2.05, 4.69) is 25.8 Å². The molecule has 3 nitrogen and oxygen atoms in total. The van der Waals surface area contributed by atoms with E-state index >= 15 is 0 Å². The van der Waals surface area contributed by atoms with Crippen LogP contribution in [0.25, 0.3) is 0 Å². The summed E-state index contributed by atoms with van der Waals surface area (Å²) >= 11 is 0. The number of anilines is 1. The van der Waals surface area contributed by atoms with Gasteiger partial charge in [0.15, 0.2) is 0 Å². The van der Waals surface area contributed by atoms with Crippen LogP contribution in [0.4, 0.5) is 5.69 Å². The highest BCUT2D eigenvalue weighted by Gasteiger charge is 2.19. The number of aryl methyl sites for hydroxylation is 2. The van der Waals surface area contributed by atoms with Gasteiger partial charge in [-0.15, -0.1) is 0 Å². The average molecular weight is 233 g/mol. The maximum absolute atomic E-state index is 10.8. The zero-order valence-electron chi connectivity index (χ0n) is 10.9. The van der Waals surface area contributed by atoms with Crippen LogP contribution < -0.4 is 9.80 Å². The van der Waals surface area contributed by atoms with Gasteiger partial charge in [0.25, 0.3) is 0 Å². The molecule has 1 aliphatic rings. The molecule has 0 saturated carbocycles. The number of quaternary nitrogens is 1. The smallest absolute Gasteiger partial charge is 0.150 e. The molecule has 1 heterocycles. The van der Waals surface area contributed by atoms with E-state index in [1.54, 1.807) is 4.90 Å². The number of nitrogens with one attached hydrogen (secondary N) is 1. The van der Waals surface area contributed by atoms with Crippen LogP contribution in [-0.2, 0) is 0 Å². The monoisotopic (exact) mass is 233 g/mol. The number of piperazine rings is 1. The number of rotatable bonds is 2. The van der Waals surface area contributed by atoms with E-state index in [1.165, 1.54) is 29.9 Å². The van der Waals surface area contributed by atoms with Gasteiger partial charge >= 0.3 is 0 Å². The lowest BCUT2D eigenvalue weighted by molar-refractivity contribution is -0.880. The van der Waals surface area contributed by atoms with Gasteiger partial charge in [0.1, 0.15) is 6.29 Å². The van der Waals surface area contributed by atoms with Gasteiger partial charge in [-0.1, -0.05) is 0 Å². The van der Waals surface area contributed by atoms with Crippen LogP contribution >= 0.6 is 0 Å². The van der Waals surface area contributed by atoms with Crippen molar-refractivity contribution in [3.63, 3.8) is 0 Å². The van der Waals surface area contributed by atoms with E-state index in [0.29, 0.717) is 0 Å². The molecule has 17 heavy (non-hydrogen) atoms. The van der Waals surface area contributed by atoms with E-state index in [9.17, 15) is 4.79 Å². The van der Waals surface area contributed by atoms with Crippen LogP contribution in [0.15, 0.2) is 12.1 Å². The number of likely N-dealkylation sites (N-methyl/N-ethyl adjacent to an activating group) is 1. The molecule has 0 radical (unpaired) electrons. The predicted molar refractivity (Wildman–Crippen MR) is 70.1 cm³/mol. The first-order valence-electron chi connectivity index (χ1n) is 6.24. The molecular formula is C14H21N2O+. The van der Waals surface area contributed by atoms with E-state index in [1.807, 2.05) is 12.1 Å². The van der Waals surface area contributed by atoms with Gasteiger partial charge in [-0.2, -0.15) is 0 Å². The average Bonchev–Trinajstić information content (AvgIpc) is 2.30. The zero-order chi connectivity index (χ0) is 12.4. The third-order valence-corrected chi connectivity index (χ3v) is 3.58. The molecule has 1 N–H and O–H groups in total. The van der Waals surface area contributed by atoms with Gasteiger partial charge in [-0.05, 0) is 37.1 Å². The maximum Gasteiger partial charge on any atom is 0.150 e. The number of nitrogens with zero attached hydrogens (tertiary/aromatic N) is 1. The Bertz CT molecular complexity index is 397. The normalized spacial score (nSPS) is 17.2. The summed E-state index contributed by atoms with van der Waals surface area (Å²) in [6, 6.07) is 3.97. The molecule has 0 spiro atoms. The lowest BCUT2D eigenvalue weighted by Gasteiger charge is -2.33. The number of hydrogen-bond donors (Lipinski definition) is 1. The van der Waals surface area contributed by atoms with E-state index in [-0.39, 0.29) is 0 Å². The predicted octanol–water partition coefficient (Wildman–Crippen LogP) is 0.451. The molecule has 0 bridgehead atoms. The second-order valence-corrected chi connectivity index (χ2v) is 5.07. The van der Waals surface area contributed by atoms with Crippen LogP contribution in [0, 0.1) is 13.8 Å². The van der Waals surface area contributed by atoms with Crippen LogP contribution in [0.2, 0.25) is 0 Å². The van der Waals surface area contributed by atoms with Crippen LogP contribution in [-0.4, -0.2) is 39.5 Å². The number of carbonyl (C=O) groups excluding carboxylic acids is 1. The molecule has 92 valence electrons. The molecule has 0 atom stereocenters. The molecule has 0 aliphatic carbocycles. The Hall–Kier alpha value is -1.35.